The number of benzene rings is 1. The molecule has 0 fully saturated rings. The van der Waals surface area contributed by atoms with Crippen LogP contribution in [0.2, 0.25) is 0 Å². The summed E-state index contributed by atoms with van der Waals surface area (Å²) in [5.41, 5.74) is 1.38. The fraction of sp³-hybridized carbons (Fsp3) is 0.375. The van der Waals surface area contributed by atoms with Crippen molar-refractivity contribution in [3.63, 3.8) is 0 Å². The summed E-state index contributed by atoms with van der Waals surface area (Å²) in [5, 5.41) is 14.6. The highest BCUT2D eigenvalue weighted by atomic mass is 32.2. The number of esters is 1. The van der Waals surface area contributed by atoms with Gasteiger partial charge < -0.3 is 20.1 Å². The van der Waals surface area contributed by atoms with Crippen molar-refractivity contribution in [2.24, 2.45) is 0 Å². The standard InChI is InChI=1S/C16H20N4O4S2/c1-23-8-7-17-15-19-20-16(26-15)25-10-13(21)18-9-11-3-5-12(6-4-11)14(22)24-2/h3-6H,7-10H2,1-2H3,(H,17,19)(H,18,21). The number of nitrogens with one attached hydrogen (secondary N) is 2. The van der Waals surface area contributed by atoms with Crippen LogP contribution in [-0.2, 0) is 20.8 Å². The van der Waals surface area contributed by atoms with E-state index in [-0.39, 0.29) is 17.6 Å². The molecule has 1 aromatic heterocycles. The second-order valence-corrected chi connectivity index (χ2v) is 7.25. The zero-order valence-electron chi connectivity index (χ0n) is 14.5. The molecule has 0 aliphatic rings. The number of ether oxygens (including phenoxy) is 2. The molecule has 26 heavy (non-hydrogen) atoms. The largest absolute Gasteiger partial charge is 0.465 e. The lowest BCUT2D eigenvalue weighted by Crippen LogP contribution is -2.24. The van der Waals surface area contributed by atoms with Gasteiger partial charge in [0.1, 0.15) is 0 Å². The van der Waals surface area contributed by atoms with Gasteiger partial charge in [-0.05, 0) is 17.7 Å². The van der Waals surface area contributed by atoms with Gasteiger partial charge in [0.05, 0.1) is 25.0 Å². The Morgan fingerprint density at radius 1 is 1.19 bits per heavy atom. The summed E-state index contributed by atoms with van der Waals surface area (Å²) in [7, 11) is 2.97. The van der Waals surface area contributed by atoms with Crippen molar-refractivity contribution in [3.05, 3.63) is 35.4 Å². The van der Waals surface area contributed by atoms with E-state index in [1.54, 1.807) is 31.4 Å². The van der Waals surface area contributed by atoms with E-state index in [2.05, 4.69) is 25.6 Å². The molecule has 1 amide bonds. The number of amides is 1. The van der Waals surface area contributed by atoms with Crippen LogP contribution in [0.4, 0.5) is 5.13 Å². The predicted octanol–water partition coefficient (Wildman–Crippen LogP) is 1.79. The van der Waals surface area contributed by atoms with Crippen LogP contribution >= 0.6 is 23.1 Å². The number of thioether (sulfide) groups is 1. The van der Waals surface area contributed by atoms with E-state index in [4.69, 9.17) is 4.74 Å². The van der Waals surface area contributed by atoms with Crippen LogP contribution in [0, 0.1) is 0 Å². The molecule has 2 rings (SSSR count). The molecular weight excluding hydrogens is 376 g/mol. The van der Waals surface area contributed by atoms with E-state index in [1.807, 2.05) is 0 Å². The van der Waals surface area contributed by atoms with Crippen molar-refractivity contribution in [1.29, 1.82) is 0 Å². The number of anilines is 1. The first kappa shape index (κ1) is 20.1. The van der Waals surface area contributed by atoms with Crippen LogP contribution in [0.3, 0.4) is 0 Å². The number of aromatic nitrogens is 2. The summed E-state index contributed by atoms with van der Waals surface area (Å²) in [6, 6.07) is 6.90. The Bertz CT molecular complexity index is 721. The predicted molar refractivity (Wildman–Crippen MR) is 101 cm³/mol. The number of hydrogen-bond acceptors (Lipinski definition) is 9. The second-order valence-electron chi connectivity index (χ2n) is 5.05. The number of rotatable bonds is 10. The Morgan fingerprint density at radius 3 is 2.65 bits per heavy atom. The van der Waals surface area contributed by atoms with Gasteiger partial charge in [0, 0.05) is 20.2 Å². The molecule has 10 heteroatoms. The van der Waals surface area contributed by atoms with Gasteiger partial charge in [0.15, 0.2) is 4.34 Å². The lowest BCUT2D eigenvalue weighted by Gasteiger charge is -2.05. The van der Waals surface area contributed by atoms with Crippen LogP contribution in [0.5, 0.6) is 0 Å². The highest BCUT2D eigenvalue weighted by molar-refractivity contribution is 8.01. The van der Waals surface area contributed by atoms with Crippen molar-refractivity contribution >= 4 is 40.1 Å². The molecule has 2 N–H and O–H groups in total. The molecule has 0 aliphatic heterocycles. The van der Waals surface area contributed by atoms with E-state index >= 15 is 0 Å². The third-order valence-corrected chi connectivity index (χ3v) is 5.19. The summed E-state index contributed by atoms with van der Waals surface area (Å²) in [6.45, 7) is 1.64. The van der Waals surface area contributed by atoms with E-state index in [1.165, 1.54) is 30.2 Å². The zero-order chi connectivity index (χ0) is 18.8. The van der Waals surface area contributed by atoms with E-state index < -0.39 is 0 Å². The third-order valence-electron chi connectivity index (χ3n) is 3.18. The fourth-order valence-corrected chi connectivity index (χ4v) is 3.46. The minimum absolute atomic E-state index is 0.101. The van der Waals surface area contributed by atoms with Crippen LogP contribution in [0.25, 0.3) is 0 Å². The first-order valence-corrected chi connectivity index (χ1v) is 9.55. The topological polar surface area (TPSA) is 102 Å². The molecule has 0 aliphatic carbocycles. The molecule has 0 bridgehead atoms. The molecule has 2 aromatic rings. The first-order valence-electron chi connectivity index (χ1n) is 7.75. The summed E-state index contributed by atoms with van der Waals surface area (Å²) in [6.07, 6.45) is 0. The Labute approximate surface area is 159 Å². The lowest BCUT2D eigenvalue weighted by molar-refractivity contribution is -0.118. The highest BCUT2D eigenvalue weighted by Gasteiger charge is 2.09. The smallest absolute Gasteiger partial charge is 0.337 e. The molecule has 0 saturated heterocycles. The minimum atomic E-state index is -0.384. The van der Waals surface area contributed by atoms with Crippen molar-refractivity contribution in [3.8, 4) is 0 Å². The molecule has 1 heterocycles. The molecule has 8 nitrogen and oxygen atoms in total. The number of nitrogens with zero attached hydrogens (tertiary/aromatic N) is 2. The van der Waals surface area contributed by atoms with Crippen LogP contribution in [0.1, 0.15) is 15.9 Å². The number of carbonyl (C=O) groups excluding carboxylic acids is 2. The zero-order valence-corrected chi connectivity index (χ0v) is 16.1. The van der Waals surface area contributed by atoms with E-state index in [0.717, 1.165) is 9.90 Å². The average Bonchev–Trinajstić information content (AvgIpc) is 3.12. The van der Waals surface area contributed by atoms with Gasteiger partial charge in [0.2, 0.25) is 11.0 Å². The van der Waals surface area contributed by atoms with Gasteiger partial charge in [0.25, 0.3) is 0 Å². The molecule has 0 saturated carbocycles. The molecule has 0 spiro atoms. The van der Waals surface area contributed by atoms with Crippen molar-refractivity contribution in [1.82, 2.24) is 15.5 Å². The molecule has 0 radical (unpaired) electrons. The van der Waals surface area contributed by atoms with Crippen molar-refractivity contribution in [2.45, 2.75) is 10.9 Å². The number of methoxy groups -OCH3 is 2. The highest BCUT2D eigenvalue weighted by Crippen LogP contribution is 2.25. The second kappa shape index (κ2) is 10.7. The Kier molecular flexibility index (Phi) is 8.32. The number of carbonyl (C=O) groups is 2. The Morgan fingerprint density at radius 2 is 1.96 bits per heavy atom. The third kappa shape index (κ3) is 6.62. The van der Waals surface area contributed by atoms with Gasteiger partial charge in [-0.2, -0.15) is 0 Å². The normalized spacial score (nSPS) is 10.4. The van der Waals surface area contributed by atoms with Crippen LogP contribution < -0.4 is 10.6 Å². The van der Waals surface area contributed by atoms with Crippen LogP contribution in [0.15, 0.2) is 28.6 Å². The van der Waals surface area contributed by atoms with Gasteiger partial charge >= 0.3 is 5.97 Å². The maximum absolute atomic E-state index is 11.9. The van der Waals surface area contributed by atoms with Crippen molar-refractivity contribution in [2.75, 3.05) is 38.4 Å². The maximum Gasteiger partial charge on any atom is 0.337 e. The molecule has 140 valence electrons. The van der Waals surface area contributed by atoms with E-state index in [9.17, 15) is 9.59 Å². The molecule has 0 atom stereocenters. The first-order chi connectivity index (χ1) is 12.6. The summed E-state index contributed by atoms with van der Waals surface area (Å²) >= 11 is 2.73. The minimum Gasteiger partial charge on any atom is -0.465 e. The molecular formula is C16H20N4O4S2. The van der Waals surface area contributed by atoms with E-state index in [0.29, 0.717) is 30.4 Å². The summed E-state index contributed by atoms with van der Waals surface area (Å²) < 4.78 is 10.3. The van der Waals surface area contributed by atoms with Gasteiger partial charge in [-0.3, -0.25) is 4.79 Å². The van der Waals surface area contributed by atoms with Gasteiger partial charge in [-0.15, -0.1) is 10.2 Å². The molecule has 1 aromatic carbocycles. The average molecular weight is 396 g/mol. The Balaban J connectivity index is 1.71. The lowest BCUT2D eigenvalue weighted by atomic mass is 10.1. The molecule has 0 unspecified atom stereocenters. The quantitative estimate of drug-likeness (QED) is 0.356. The SMILES string of the molecule is COCCNc1nnc(SCC(=O)NCc2ccc(C(=O)OC)cc2)s1. The van der Waals surface area contributed by atoms with Gasteiger partial charge in [-0.25, -0.2) is 4.79 Å². The maximum atomic E-state index is 11.9. The fourth-order valence-electron chi connectivity index (χ4n) is 1.86. The monoisotopic (exact) mass is 396 g/mol. The number of hydrogen-bond donors (Lipinski definition) is 2. The summed E-state index contributed by atoms with van der Waals surface area (Å²) in [4.78, 5) is 23.3. The van der Waals surface area contributed by atoms with Gasteiger partial charge in [-0.1, -0.05) is 35.2 Å². The summed E-state index contributed by atoms with van der Waals surface area (Å²) in [5.74, 6) is -0.228. The Hall–Kier alpha value is -2.17. The van der Waals surface area contributed by atoms with Crippen LogP contribution in [-0.4, -0.2) is 55.2 Å². The van der Waals surface area contributed by atoms with Crippen molar-refractivity contribution < 1.29 is 19.1 Å².